The van der Waals surface area contributed by atoms with Crippen molar-refractivity contribution in [2.75, 3.05) is 11.5 Å². The van der Waals surface area contributed by atoms with Crippen molar-refractivity contribution in [2.45, 2.75) is 67.8 Å². The summed E-state index contributed by atoms with van der Waals surface area (Å²) in [5.41, 5.74) is 2.59. The number of rotatable bonds is 7. The Balaban J connectivity index is 1.43. The molecule has 7 N–H and O–H groups in total. The third-order valence-electron chi connectivity index (χ3n) is 9.08. The van der Waals surface area contributed by atoms with Crippen LogP contribution in [0.1, 0.15) is 41.0 Å². The maximum absolute atomic E-state index is 13.9. The number of aryl methyl sites for hydroxylation is 1. The number of nitrogens with zero attached hydrogens (tertiary/aromatic N) is 1. The largest absolute Gasteiger partial charge is 0.508 e. The highest BCUT2D eigenvalue weighted by Gasteiger charge is 2.58. The molecule has 3 aliphatic heterocycles. The summed E-state index contributed by atoms with van der Waals surface area (Å²) in [5.74, 6) is -5.03. The van der Waals surface area contributed by atoms with Gasteiger partial charge in [-0.05, 0) is 60.2 Å². The van der Waals surface area contributed by atoms with E-state index in [1.54, 1.807) is 12.1 Å². The first-order valence-corrected chi connectivity index (χ1v) is 15.0. The van der Waals surface area contributed by atoms with E-state index in [9.17, 15) is 45.3 Å². The van der Waals surface area contributed by atoms with Crippen molar-refractivity contribution < 1.29 is 54.8 Å². The molecule has 1 spiro atoms. The number of hydrogen-bond donors (Lipinski definition) is 7. The molecule has 12 heteroatoms. The molecule has 0 bridgehead atoms. The number of ether oxygens (including phenoxy) is 2. The summed E-state index contributed by atoms with van der Waals surface area (Å²) < 4.78 is 11.9. The summed E-state index contributed by atoms with van der Waals surface area (Å²) in [6.45, 7) is -0.682. The number of phenolic OH excluding ortho intramolecular Hbond substituents is 2. The normalized spacial score (nSPS) is 28.6. The van der Waals surface area contributed by atoms with E-state index in [-0.39, 0.29) is 35.8 Å². The quantitative estimate of drug-likeness (QED) is 0.187. The summed E-state index contributed by atoms with van der Waals surface area (Å²) in [6.07, 6.45) is -2.89. The van der Waals surface area contributed by atoms with Gasteiger partial charge >= 0.3 is 5.97 Å². The van der Waals surface area contributed by atoms with Gasteiger partial charge in [-0.25, -0.2) is 4.79 Å². The first-order valence-electron chi connectivity index (χ1n) is 15.0. The molecule has 0 radical (unpaired) electrons. The average molecular weight is 634 g/mol. The molecule has 1 amide bonds. The summed E-state index contributed by atoms with van der Waals surface area (Å²) in [5, 5.41) is 72.9. The molecule has 0 aromatic heterocycles. The van der Waals surface area contributed by atoms with Gasteiger partial charge in [-0.1, -0.05) is 42.5 Å². The van der Waals surface area contributed by atoms with Gasteiger partial charge in [0.05, 0.1) is 12.3 Å². The van der Waals surface area contributed by atoms with Gasteiger partial charge in [0.25, 0.3) is 5.91 Å². The molecule has 3 heterocycles. The minimum Gasteiger partial charge on any atom is -0.508 e. The molecular weight excluding hydrogens is 598 g/mol. The van der Waals surface area contributed by atoms with Crippen molar-refractivity contribution in [3.8, 4) is 17.2 Å². The van der Waals surface area contributed by atoms with Crippen LogP contribution in [0.5, 0.6) is 17.2 Å². The fourth-order valence-corrected chi connectivity index (χ4v) is 6.78. The molecule has 6 rings (SSSR count). The van der Waals surface area contributed by atoms with Gasteiger partial charge in [0.2, 0.25) is 5.79 Å². The number of benzene rings is 3. The second kappa shape index (κ2) is 12.4. The fourth-order valence-electron chi connectivity index (χ4n) is 6.78. The lowest BCUT2D eigenvalue weighted by Gasteiger charge is -2.50. The van der Waals surface area contributed by atoms with Gasteiger partial charge in [-0.2, -0.15) is 0 Å². The monoisotopic (exact) mass is 633 g/mol. The number of anilines is 1. The lowest BCUT2D eigenvalue weighted by Crippen LogP contribution is -2.68. The van der Waals surface area contributed by atoms with Gasteiger partial charge in [0, 0.05) is 24.0 Å². The zero-order valence-corrected chi connectivity index (χ0v) is 24.6. The van der Waals surface area contributed by atoms with Gasteiger partial charge < -0.3 is 45.2 Å². The van der Waals surface area contributed by atoms with E-state index in [1.165, 1.54) is 35.3 Å². The van der Waals surface area contributed by atoms with E-state index in [0.717, 1.165) is 5.56 Å². The Morgan fingerprint density at radius 1 is 1.00 bits per heavy atom. The zero-order chi connectivity index (χ0) is 32.7. The summed E-state index contributed by atoms with van der Waals surface area (Å²) in [4.78, 5) is 28.0. The molecule has 3 aromatic rings. The van der Waals surface area contributed by atoms with Crippen molar-refractivity contribution in [3.63, 3.8) is 0 Å². The Morgan fingerprint density at radius 3 is 2.39 bits per heavy atom. The SMILES string of the molecule is O=C(O)[C@H]1[C@@H](CCc2ccccc2)c2cc(O)c3c(c2N1C(=O)C=Cc1ccc(O)cc1)CC[C@@]1(O3)O[C@H](CO)[C@@H](O)[C@H](O)[C@H]1O. The van der Waals surface area contributed by atoms with Crippen molar-refractivity contribution in [3.05, 3.63) is 89.0 Å². The minimum atomic E-state index is -1.95. The van der Waals surface area contributed by atoms with Crippen LogP contribution in [0.3, 0.4) is 0 Å². The first-order chi connectivity index (χ1) is 22.0. The maximum Gasteiger partial charge on any atom is 0.327 e. The number of carbonyl (C=O) groups is 2. The van der Waals surface area contributed by atoms with Crippen LogP contribution in [-0.2, 0) is 27.2 Å². The molecular formula is C34H35NO11. The average Bonchev–Trinajstić information content (AvgIpc) is 3.39. The molecule has 1 fully saturated rings. The number of fused-ring (bicyclic) bond motifs is 3. The molecule has 3 aliphatic rings. The Morgan fingerprint density at radius 2 is 1.72 bits per heavy atom. The lowest BCUT2D eigenvalue weighted by atomic mass is 9.84. The van der Waals surface area contributed by atoms with Crippen LogP contribution >= 0.6 is 0 Å². The number of aliphatic hydroxyl groups is 4. The molecule has 12 nitrogen and oxygen atoms in total. The van der Waals surface area contributed by atoms with E-state index >= 15 is 0 Å². The Labute approximate surface area is 264 Å². The highest BCUT2D eigenvalue weighted by Crippen LogP contribution is 2.55. The van der Waals surface area contributed by atoms with E-state index in [2.05, 4.69) is 0 Å². The zero-order valence-electron chi connectivity index (χ0n) is 24.6. The standard InChI is InChI=1S/C34H35NO11/c36-17-25-29(40)30(41)32(42)34(45-25)15-14-22-27-23(16-24(38)31(22)46-34)21(12-8-18-4-2-1-3-5-18)28(33(43)44)35(27)26(39)13-9-19-6-10-20(37)11-7-19/h1-7,9-11,13,16,21,25,28-30,32,36-38,40-42H,8,12,14-15,17H2,(H,43,44)/t21-,25+,28+,29+,30-,32+,34-/m0/s1. The Bertz CT molecular complexity index is 1640. The van der Waals surface area contributed by atoms with Crippen LogP contribution in [0, 0.1) is 0 Å². The van der Waals surface area contributed by atoms with Crippen molar-refractivity contribution in [2.24, 2.45) is 0 Å². The third-order valence-corrected chi connectivity index (χ3v) is 9.08. The summed E-state index contributed by atoms with van der Waals surface area (Å²) in [7, 11) is 0. The molecule has 242 valence electrons. The first kappa shape index (κ1) is 31.5. The number of amides is 1. The number of carboxylic acids is 1. The minimum absolute atomic E-state index is 0.0211. The van der Waals surface area contributed by atoms with Crippen LogP contribution in [0.4, 0.5) is 5.69 Å². The van der Waals surface area contributed by atoms with Crippen molar-refractivity contribution in [1.29, 1.82) is 0 Å². The predicted molar refractivity (Wildman–Crippen MR) is 163 cm³/mol. The molecule has 3 aromatic carbocycles. The second-order valence-electron chi connectivity index (χ2n) is 11.9. The fraction of sp³-hybridized carbons (Fsp3) is 0.353. The van der Waals surface area contributed by atoms with Crippen LogP contribution in [0.25, 0.3) is 6.08 Å². The van der Waals surface area contributed by atoms with Gasteiger partial charge in [0.1, 0.15) is 36.2 Å². The van der Waals surface area contributed by atoms with Crippen LogP contribution < -0.4 is 9.64 Å². The molecule has 1 saturated heterocycles. The van der Waals surface area contributed by atoms with Gasteiger partial charge in [-0.3, -0.25) is 9.69 Å². The van der Waals surface area contributed by atoms with Crippen LogP contribution in [0.15, 0.2) is 66.7 Å². The van der Waals surface area contributed by atoms with Crippen molar-refractivity contribution in [1.82, 2.24) is 0 Å². The molecule has 46 heavy (non-hydrogen) atoms. The third kappa shape index (κ3) is 5.48. The highest BCUT2D eigenvalue weighted by molar-refractivity contribution is 6.10. The summed E-state index contributed by atoms with van der Waals surface area (Å²) in [6, 6.07) is 15.6. The number of hydrogen-bond acceptors (Lipinski definition) is 10. The highest BCUT2D eigenvalue weighted by atomic mass is 16.7. The molecule has 0 aliphatic carbocycles. The second-order valence-corrected chi connectivity index (χ2v) is 11.9. The number of aliphatic carboxylic acids is 1. The molecule has 7 atom stereocenters. The smallest absolute Gasteiger partial charge is 0.327 e. The Hall–Kier alpha value is -4.46. The summed E-state index contributed by atoms with van der Waals surface area (Å²) >= 11 is 0. The molecule has 0 saturated carbocycles. The van der Waals surface area contributed by atoms with E-state index in [0.29, 0.717) is 29.5 Å². The predicted octanol–water partition coefficient (Wildman–Crippen LogP) is 1.82. The molecule has 0 unspecified atom stereocenters. The topological polar surface area (TPSA) is 197 Å². The lowest BCUT2D eigenvalue weighted by molar-refractivity contribution is -0.342. The van der Waals surface area contributed by atoms with Crippen LogP contribution in [0.2, 0.25) is 0 Å². The van der Waals surface area contributed by atoms with Gasteiger partial charge in [-0.15, -0.1) is 0 Å². The maximum atomic E-state index is 13.9. The van der Waals surface area contributed by atoms with E-state index in [4.69, 9.17) is 9.47 Å². The van der Waals surface area contributed by atoms with Crippen LogP contribution in [-0.4, -0.2) is 90.5 Å². The van der Waals surface area contributed by atoms with E-state index in [1.807, 2.05) is 30.3 Å². The van der Waals surface area contributed by atoms with E-state index < -0.39 is 60.6 Å². The van der Waals surface area contributed by atoms with Crippen molar-refractivity contribution >= 4 is 23.6 Å². The number of aromatic hydroxyl groups is 2. The number of carbonyl (C=O) groups excluding carboxylic acids is 1. The number of aliphatic hydroxyl groups excluding tert-OH is 4. The number of carboxylic acid groups (broad SMARTS) is 1. The Kier molecular flexibility index (Phi) is 8.49. The van der Waals surface area contributed by atoms with Gasteiger partial charge in [0.15, 0.2) is 11.5 Å². The number of phenols is 2.